The van der Waals surface area contributed by atoms with E-state index in [9.17, 15) is 28.8 Å². The maximum atomic E-state index is 12.2. The summed E-state index contributed by atoms with van der Waals surface area (Å²) in [4.78, 5) is 88.8. The van der Waals surface area contributed by atoms with E-state index in [0.29, 0.717) is 57.8 Å². The van der Waals surface area contributed by atoms with Crippen LogP contribution in [0.25, 0.3) is 0 Å². The van der Waals surface area contributed by atoms with Gasteiger partial charge in [-0.15, -0.1) is 0 Å². The molecule has 2 amide bonds. The van der Waals surface area contributed by atoms with E-state index in [4.69, 9.17) is 28.4 Å². The van der Waals surface area contributed by atoms with Crippen LogP contribution in [0.3, 0.4) is 0 Å². The summed E-state index contributed by atoms with van der Waals surface area (Å²) in [7, 11) is 0. The topological polar surface area (TPSA) is 197 Å². The fourth-order valence-corrected chi connectivity index (χ4v) is 6.23. The maximum absolute atomic E-state index is 12.2. The molecule has 0 atom stereocenters. The Morgan fingerprint density at radius 2 is 0.906 bits per heavy atom. The predicted octanol–water partition coefficient (Wildman–Crippen LogP) is 5.26. The number of carbonyl (C=O) groups is 6. The Kier molecular flexibility index (Phi) is 20.9. The van der Waals surface area contributed by atoms with Gasteiger partial charge in [0.25, 0.3) is 0 Å². The van der Waals surface area contributed by atoms with Gasteiger partial charge in [0, 0.05) is 57.9 Å². The molecule has 2 aromatic heterocycles. The molecule has 18 heteroatoms. The zero-order valence-corrected chi connectivity index (χ0v) is 39.2. The Morgan fingerprint density at radius 3 is 1.27 bits per heavy atom. The van der Waals surface area contributed by atoms with Gasteiger partial charge < -0.3 is 38.2 Å². The van der Waals surface area contributed by atoms with Gasteiger partial charge in [-0.3, -0.25) is 9.80 Å². The third-order valence-electron chi connectivity index (χ3n) is 9.17. The van der Waals surface area contributed by atoms with Gasteiger partial charge in [-0.1, -0.05) is 11.8 Å². The highest BCUT2D eigenvalue weighted by Gasteiger charge is 2.27. The Balaban J connectivity index is 0.000000340. The summed E-state index contributed by atoms with van der Waals surface area (Å²) in [5.74, 6) is 3.67. The van der Waals surface area contributed by atoms with E-state index in [1.165, 1.54) is 12.1 Å². The first-order chi connectivity index (χ1) is 30.2. The van der Waals surface area contributed by atoms with Gasteiger partial charge in [0.2, 0.25) is 0 Å². The van der Waals surface area contributed by atoms with Crippen molar-refractivity contribution in [2.45, 2.75) is 93.3 Å². The van der Waals surface area contributed by atoms with Gasteiger partial charge >= 0.3 is 36.1 Å². The molecule has 64 heavy (non-hydrogen) atoms. The number of piperazine rings is 2. The van der Waals surface area contributed by atoms with Crippen LogP contribution in [0, 0.1) is 11.8 Å². The minimum absolute atomic E-state index is 0.00711. The van der Waals surface area contributed by atoms with Crippen LogP contribution in [0.1, 0.15) is 129 Å². The number of hydrogen-bond acceptors (Lipinski definition) is 16. The fourth-order valence-electron chi connectivity index (χ4n) is 6.23. The van der Waals surface area contributed by atoms with E-state index in [0.717, 1.165) is 31.6 Å². The molecular formula is C46H66N6O12. The minimum Gasteiger partial charge on any atom is -0.461 e. The summed E-state index contributed by atoms with van der Waals surface area (Å²) in [5, 5.41) is 0. The summed E-state index contributed by atoms with van der Waals surface area (Å²) in [6.45, 7) is 25.4. The highest BCUT2D eigenvalue weighted by Crippen LogP contribution is 2.16. The molecule has 2 aliphatic heterocycles. The summed E-state index contributed by atoms with van der Waals surface area (Å²) in [5.41, 5.74) is 0.521. The summed E-state index contributed by atoms with van der Waals surface area (Å²) in [6.07, 6.45) is 0.930. The van der Waals surface area contributed by atoms with Crippen LogP contribution in [0.15, 0.2) is 24.3 Å². The molecule has 4 rings (SSSR count). The monoisotopic (exact) mass is 894 g/mol. The normalized spacial score (nSPS) is 14.5. The third-order valence-corrected chi connectivity index (χ3v) is 9.17. The second-order valence-corrected chi connectivity index (χ2v) is 16.7. The second-order valence-electron chi connectivity index (χ2n) is 16.7. The Bertz CT molecular complexity index is 1890. The standard InChI is InChI=1S/C23H35N3O6.C23H31N3O6/c2*1-6-30-20(27)18-15-17(16-19(24-18)21(28)31-7-2)9-8-10-25-11-13-26(14-12-25)22(29)32-23(3,4)5/h15-16H,6-14H2,1-5H3;15-16H,6-7,10-14H2,1-5H3. The van der Waals surface area contributed by atoms with Crippen LogP contribution < -0.4 is 0 Å². The van der Waals surface area contributed by atoms with Crippen LogP contribution in [0.5, 0.6) is 0 Å². The zero-order chi connectivity index (χ0) is 47.5. The van der Waals surface area contributed by atoms with Crippen LogP contribution in [-0.2, 0) is 34.8 Å². The van der Waals surface area contributed by atoms with Gasteiger partial charge in [-0.05, 0) is 118 Å². The largest absolute Gasteiger partial charge is 0.461 e. The van der Waals surface area contributed by atoms with Crippen LogP contribution in [0.4, 0.5) is 9.59 Å². The first-order valence-electron chi connectivity index (χ1n) is 21.9. The molecule has 2 saturated heterocycles. The van der Waals surface area contributed by atoms with E-state index in [1.807, 2.05) is 41.5 Å². The van der Waals surface area contributed by atoms with Gasteiger partial charge in [0.1, 0.15) is 22.6 Å². The van der Waals surface area contributed by atoms with Crippen molar-refractivity contribution in [2.75, 3.05) is 91.9 Å². The number of hydrogen-bond donors (Lipinski definition) is 0. The van der Waals surface area contributed by atoms with Gasteiger partial charge in [-0.2, -0.15) is 0 Å². The average Bonchev–Trinajstić information content (AvgIpc) is 3.23. The molecule has 0 radical (unpaired) electrons. The lowest BCUT2D eigenvalue weighted by molar-refractivity contribution is 0.0139. The van der Waals surface area contributed by atoms with Crippen molar-refractivity contribution in [3.05, 3.63) is 58.2 Å². The summed E-state index contributed by atoms with van der Waals surface area (Å²) in [6, 6.07) is 6.32. The molecule has 18 nitrogen and oxygen atoms in total. The number of rotatable bonds is 13. The number of carbonyl (C=O) groups excluding carboxylic acids is 6. The van der Waals surface area contributed by atoms with Crippen LogP contribution >= 0.6 is 0 Å². The third kappa shape index (κ3) is 18.5. The number of aryl methyl sites for hydroxylation is 1. The van der Waals surface area contributed by atoms with E-state index >= 15 is 0 Å². The SMILES string of the molecule is CCOC(=O)c1cc(C#CCN2CCN(C(=O)OC(C)(C)C)CC2)cc(C(=O)OCC)n1.CCOC(=O)c1cc(CCCN2CCN(C(=O)OC(C)(C)C)CC2)cc(C(=O)OCC)n1. The van der Waals surface area contributed by atoms with Crippen molar-refractivity contribution in [3.63, 3.8) is 0 Å². The minimum atomic E-state index is -0.625. The summed E-state index contributed by atoms with van der Waals surface area (Å²) >= 11 is 0. The van der Waals surface area contributed by atoms with Crippen molar-refractivity contribution in [2.24, 2.45) is 0 Å². The molecule has 2 aromatic rings. The van der Waals surface area contributed by atoms with Gasteiger partial charge in [0.15, 0.2) is 11.4 Å². The second kappa shape index (κ2) is 25.5. The molecule has 0 saturated carbocycles. The first-order valence-corrected chi connectivity index (χ1v) is 21.9. The Labute approximate surface area is 377 Å². The smallest absolute Gasteiger partial charge is 0.410 e. The van der Waals surface area contributed by atoms with Crippen molar-refractivity contribution in [1.29, 1.82) is 0 Å². The quantitative estimate of drug-likeness (QED) is 0.143. The maximum Gasteiger partial charge on any atom is 0.410 e. The van der Waals surface area contributed by atoms with Crippen molar-refractivity contribution in [1.82, 2.24) is 29.6 Å². The average molecular weight is 895 g/mol. The van der Waals surface area contributed by atoms with Gasteiger partial charge in [-0.25, -0.2) is 38.7 Å². The number of aromatic nitrogens is 2. The highest BCUT2D eigenvalue weighted by molar-refractivity contribution is 5.93. The Morgan fingerprint density at radius 1 is 0.547 bits per heavy atom. The lowest BCUT2D eigenvalue weighted by atomic mass is 10.1. The molecule has 352 valence electrons. The highest BCUT2D eigenvalue weighted by atomic mass is 16.6. The number of esters is 4. The number of nitrogens with zero attached hydrogens (tertiary/aromatic N) is 6. The molecule has 2 fully saturated rings. The van der Waals surface area contributed by atoms with Crippen LogP contribution in [0.2, 0.25) is 0 Å². The van der Waals surface area contributed by atoms with E-state index < -0.39 is 35.1 Å². The molecule has 0 spiro atoms. The molecular weight excluding hydrogens is 829 g/mol. The molecule has 0 aliphatic carbocycles. The van der Waals surface area contributed by atoms with E-state index in [-0.39, 0.29) is 61.4 Å². The van der Waals surface area contributed by atoms with Gasteiger partial charge in [0.05, 0.1) is 33.0 Å². The first kappa shape index (κ1) is 52.5. The van der Waals surface area contributed by atoms with E-state index in [2.05, 4.69) is 31.6 Å². The number of amides is 2. The van der Waals surface area contributed by atoms with Crippen molar-refractivity contribution < 1.29 is 57.2 Å². The fraction of sp³-hybridized carbons (Fsp3) is 0.609. The predicted molar refractivity (Wildman–Crippen MR) is 236 cm³/mol. The Hall–Kier alpha value is -5.80. The lowest BCUT2D eigenvalue weighted by Gasteiger charge is -2.35. The lowest BCUT2D eigenvalue weighted by Crippen LogP contribution is -2.50. The molecule has 2 aliphatic rings. The number of ether oxygens (including phenoxy) is 6. The number of pyridine rings is 2. The molecule has 0 aromatic carbocycles. The van der Waals surface area contributed by atoms with Crippen LogP contribution in [-0.4, -0.2) is 169 Å². The van der Waals surface area contributed by atoms with Crippen molar-refractivity contribution >= 4 is 36.1 Å². The summed E-state index contributed by atoms with van der Waals surface area (Å²) < 4.78 is 30.9. The van der Waals surface area contributed by atoms with Crippen molar-refractivity contribution in [3.8, 4) is 11.8 Å². The molecule has 0 unspecified atom stereocenters. The zero-order valence-electron chi connectivity index (χ0n) is 39.2. The van der Waals surface area contributed by atoms with E-state index in [1.54, 1.807) is 49.6 Å². The molecule has 0 bridgehead atoms. The molecule has 4 heterocycles. The molecule has 0 N–H and O–H groups in total.